The second-order valence-corrected chi connectivity index (χ2v) is 10.6. The van der Waals surface area contributed by atoms with Gasteiger partial charge in [-0.25, -0.2) is 0 Å². The molecule has 7 nitrogen and oxygen atoms in total. The molecular weight excluding hydrogens is 474 g/mol. The zero-order valence-corrected chi connectivity index (χ0v) is 21.6. The predicted octanol–water partition coefficient (Wildman–Crippen LogP) is 5.05. The lowest BCUT2D eigenvalue weighted by atomic mass is 9.79. The fourth-order valence-corrected chi connectivity index (χ4v) is 6.02. The highest BCUT2D eigenvalue weighted by molar-refractivity contribution is 7.99. The highest BCUT2D eigenvalue weighted by Crippen LogP contribution is 2.35. The van der Waals surface area contributed by atoms with E-state index in [0.717, 1.165) is 66.9 Å². The van der Waals surface area contributed by atoms with Crippen LogP contribution in [0.5, 0.6) is 5.75 Å². The Balaban J connectivity index is 1.31. The van der Waals surface area contributed by atoms with Gasteiger partial charge in [-0.3, -0.25) is 14.8 Å². The molecule has 0 radical (unpaired) electrons. The molecule has 2 aromatic heterocycles. The van der Waals surface area contributed by atoms with E-state index in [-0.39, 0.29) is 12.3 Å². The summed E-state index contributed by atoms with van der Waals surface area (Å²) in [7, 11) is 1.63. The number of ether oxygens (including phenoxy) is 1. The molecule has 8 heteroatoms. The minimum absolute atomic E-state index is 0.102. The van der Waals surface area contributed by atoms with Crippen molar-refractivity contribution in [1.29, 1.82) is 0 Å². The molecule has 3 atom stereocenters. The summed E-state index contributed by atoms with van der Waals surface area (Å²) in [6.45, 7) is 2.77. The molecule has 1 aromatic carbocycles. The number of thioether (sulfide) groups is 1. The number of hydrogen-bond acceptors (Lipinski definition) is 7. The molecule has 0 bridgehead atoms. The maximum atomic E-state index is 11.6. The molecular formula is C28H35N3O4S. The molecule has 1 unspecified atom stereocenters. The summed E-state index contributed by atoms with van der Waals surface area (Å²) < 4.78 is 5.36. The van der Waals surface area contributed by atoms with Crippen molar-refractivity contribution in [1.82, 2.24) is 14.9 Å². The summed E-state index contributed by atoms with van der Waals surface area (Å²) in [6, 6.07) is 11.6. The van der Waals surface area contributed by atoms with E-state index in [1.807, 2.05) is 60.6 Å². The molecule has 1 aliphatic heterocycles. The molecule has 1 saturated heterocycles. The first-order valence-electron chi connectivity index (χ1n) is 12.6. The molecule has 1 fully saturated rings. The maximum Gasteiger partial charge on any atom is 0.303 e. The van der Waals surface area contributed by atoms with Crippen molar-refractivity contribution in [3.05, 3.63) is 60.6 Å². The lowest BCUT2D eigenvalue weighted by Gasteiger charge is -2.38. The number of fused-ring (bicyclic) bond motifs is 1. The van der Waals surface area contributed by atoms with Gasteiger partial charge >= 0.3 is 5.97 Å². The Morgan fingerprint density at radius 1 is 1.19 bits per heavy atom. The van der Waals surface area contributed by atoms with E-state index in [2.05, 4.69) is 14.9 Å². The van der Waals surface area contributed by atoms with Crippen molar-refractivity contribution >= 4 is 28.6 Å². The third-order valence-electron chi connectivity index (χ3n) is 7.10. The third kappa shape index (κ3) is 7.18. The number of carbonyl (C=O) groups is 1. The minimum atomic E-state index is -0.743. The van der Waals surface area contributed by atoms with Crippen LogP contribution in [-0.2, 0) is 4.79 Å². The summed E-state index contributed by atoms with van der Waals surface area (Å²) >= 11 is 1.83. The molecule has 192 valence electrons. The maximum absolute atomic E-state index is 11.6. The minimum Gasteiger partial charge on any atom is -0.497 e. The van der Waals surface area contributed by atoms with Crippen LogP contribution in [0, 0.1) is 11.8 Å². The first-order chi connectivity index (χ1) is 17.5. The SMILES string of the molecule is COc1ccc2nccc(C(O)CC[C@@H]3CCN(CCCSc4ccncc4)C[C@@H]3CC(=O)O)c2c1. The number of aliphatic carboxylic acids is 1. The van der Waals surface area contributed by atoms with E-state index in [9.17, 15) is 15.0 Å². The van der Waals surface area contributed by atoms with Gasteiger partial charge in [-0.05, 0) is 98.3 Å². The first kappa shape index (κ1) is 26.4. The second-order valence-electron chi connectivity index (χ2n) is 9.47. The zero-order chi connectivity index (χ0) is 25.3. The molecule has 0 spiro atoms. The number of nitrogens with zero attached hydrogens (tertiary/aromatic N) is 3. The number of likely N-dealkylation sites (tertiary alicyclic amines) is 1. The van der Waals surface area contributed by atoms with Crippen LogP contribution in [0.25, 0.3) is 10.9 Å². The number of carboxylic acid groups (broad SMARTS) is 1. The zero-order valence-electron chi connectivity index (χ0n) is 20.8. The number of piperidine rings is 1. The monoisotopic (exact) mass is 509 g/mol. The topological polar surface area (TPSA) is 95.8 Å². The van der Waals surface area contributed by atoms with Gasteiger partial charge in [-0.1, -0.05) is 0 Å². The van der Waals surface area contributed by atoms with Crippen LogP contribution in [0.4, 0.5) is 0 Å². The summed E-state index contributed by atoms with van der Waals surface area (Å²) in [5, 5.41) is 21.5. The number of aliphatic hydroxyl groups excluding tert-OH is 1. The van der Waals surface area contributed by atoms with Crippen LogP contribution in [0.2, 0.25) is 0 Å². The van der Waals surface area contributed by atoms with Gasteiger partial charge in [0.25, 0.3) is 0 Å². The number of pyridine rings is 2. The van der Waals surface area contributed by atoms with Gasteiger partial charge in [0.15, 0.2) is 0 Å². The number of carboxylic acids is 1. The Kier molecular flexibility index (Phi) is 9.55. The van der Waals surface area contributed by atoms with Crippen molar-refractivity contribution in [2.45, 2.75) is 43.1 Å². The molecule has 4 rings (SSSR count). The van der Waals surface area contributed by atoms with Crippen molar-refractivity contribution in [2.75, 3.05) is 32.5 Å². The molecule has 3 aromatic rings. The number of aromatic nitrogens is 2. The molecule has 2 N–H and O–H groups in total. The van der Waals surface area contributed by atoms with Gasteiger partial charge < -0.3 is 19.8 Å². The average molecular weight is 510 g/mol. The van der Waals surface area contributed by atoms with Crippen molar-refractivity contribution in [3.8, 4) is 5.75 Å². The van der Waals surface area contributed by atoms with E-state index in [0.29, 0.717) is 12.3 Å². The second kappa shape index (κ2) is 13.0. The Bertz CT molecular complexity index is 1130. The standard InChI is InChI=1S/C28H35N3O4S/c1-35-22-4-5-26-25(18-22)24(9-13-30-26)27(32)6-3-20-10-15-31(19-21(20)17-28(33)34)14-2-16-36-23-7-11-29-12-8-23/h4-5,7-9,11-13,18,20-21,27,32H,2-3,6,10,14-17,19H2,1H3,(H,33,34)/t20-,21+,27?/m1/s1. The van der Waals surface area contributed by atoms with Gasteiger partial charge in [-0.15, -0.1) is 11.8 Å². The summed E-state index contributed by atoms with van der Waals surface area (Å²) in [4.78, 5) is 23.7. The number of hydrogen-bond donors (Lipinski definition) is 2. The number of benzene rings is 1. The van der Waals surface area contributed by atoms with Crippen molar-refractivity contribution in [3.63, 3.8) is 0 Å². The van der Waals surface area contributed by atoms with E-state index >= 15 is 0 Å². The van der Waals surface area contributed by atoms with E-state index in [1.54, 1.807) is 13.3 Å². The predicted molar refractivity (Wildman–Crippen MR) is 142 cm³/mol. The lowest BCUT2D eigenvalue weighted by molar-refractivity contribution is -0.139. The van der Waals surface area contributed by atoms with Gasteiger partial charge in [-0.2, -0.15) is 0 Å². The largest absolute Gasteiger partial charge is 0.497 e. The smallest absolute Gasteiger partial charge is 0.303 e. The summed E-state index contributed by atoms with van der Waals surface area (Å²) in [6.07, 6.45) is 8.34. The van der Waals surface area contributed by atoms with Gasteiger partial charge in [0.05, 0.1) is 18.7 Å². The molecule has 0 aliphatic carbocycles. The summed E-state index contributed by atoms with van der Waals surface area (Å²) in [5.41, 5.74) is 1.67. The molecule has 0 saturated carbocycles. The Hall–Kier alpha value is -2.68. The fraction of sp³-hybridized carbons (Fsp3) is 0.464. The average Bonchev–Trinajstić information content (AvgIpc) is 2.90. The fourth-order valence-electron chi connectivity index (χ4n) is 5.20. The van der Waals surface area contributed by atoms with Crippen LogP contribution in [-0.4, -0.2) is 63.5 Å². The molecule has 3 heterocycles. The van der Waals surface area contributed by atoms with Gasteiger partial charge in [0.1, 0.15) is 5.75 Å². The Morgan fingerprint density at radius 2 is 2.03 bits per heavy atom. The highest BCUT2D eigenvalue weighted by atomic mass is 32.2. The highest BCUT2D eigenvalue weighted by Gasteiger charge is 2.31. The van der Waals surface area contributed by atoms with Crippen LogP contribution in [0.1, 0.15) is 43.8 Å². The van der Waals surface area contributed by atoms with Crippen LogP contribution in [0.15, 0.2) is 59.9 Å². The number of aliphatic hydroxyl groups is 1. The number of rotatable bonds is 12. The van der Waals surface area contributed by atoms with Crippen molar-refractivity contribution in [2.24, 2.45) is 11.8 Å². The van der Waals surface area contributed by atoms with Gasteiger partial charge in [0, 0.05) is 41.8 Å². The van der Waals surface area contributed by atoms with Crippen molar-refractivity contribution < 1.29 is 19.7 Å². The number of methoxy groups -OCH3 is 1. The molecule has 36 heavy (non-hydrogen) atoms. The summed E-state index contributed by atoms with van der Waals surface area (Å²) in [5.74, 6) is 1.42. The Labute approximate surface area is 216 Å². The third-order valence-corrected chi connectivity index (χ3v) is 8.20. The normalized spacial score (nSPS) is 19.3. The van der Waals surface area contributed by atoms with E-state index in [1.165, 1.54) is 4.90 Å². The van der Waals surface area contributed by atoms with E-state index < -0.39 is 12.1 Å². The molecule has 1 aliphatic rings. The quantitative estimate of drug-likeness (QED) is 0.259. The lowest BCUT2D eigenvalue weighted by Crippen LogP contribution is -2.42. The molecule has 0 amide bonds. The van der Waals surface area contributed by atoms with Gasteiger partial charge in [0.2, 0.25) is 0 Å². The van der Waals surface area contributed by atoms with E-state index in [4.69, 9.17) is 4.74 Å². The Morgan fingerprint density at radius 3 is 2.81 bits per heavy atom. The van der Waals surface area contributed by atoms with Crippen LogP contribution < -0.4 is 4.74 Å². The van der Waals surface area contributed by atoms with Crippen LogP contribution >= 0.6 is 11.8 Å². The van der Waals surface area contributed by atoms with Crippen LogP contribution in [0.3, 0.4) is 0 Å². The first-order valence-corrected chi connectivity index (χ1v) is 13.6.